The molecule has 0 spiro atoms. The zero-order valence-electron chi connectivity index (χ0n) is 18.9. The first-order valence-electron chi connectivity index (χ1n) is 10.5. The molecule has 1 atom stereocenters. The number of hydrogen-bond acceptors (Lipinski definition) is 5. The summed E-state index contributed by atoms with van der Waals surface area (Å²) < 4.78 is 31.9. The lowest BCUT2D eigenvalue weighted by molar-refractivity contribution is -0.143. The first-order valence-corrected chi connectivity index (χ1v) is 12.1. The lowest BCUT2D eigenvalue weighted by Gasteiger charge is -2.28. The molecule has 0 heterocycles. The van der Waals surface area contributed by atoms with Crippen LogP contribution in [0.2, 0.25) is 0 Å². The second-order valence-electron chi connectivity index (χ2n) is 7.57. The van der Waals surface area contributed by atoms with Gasteiger partial charge in [0.05, 0.1) is 6.61 Å². The molecule has 0 amide bonds. The number of aryl methyl sites for hydroxylation is 4. The van der Waals surface area contributed by atoms with Gasteiger partial charge in [0.25, 0.3) is 0 Å². The summed E-state index contributed by atoms with van der Waals surface area (Å²) in [5.74, 6) is 0.419. The van der Waals surface area contributed by atoms with Gasteiger partial charge in [0, 0.05) is 0 Å². The molecule has 0 aliphatic heterocycles. The van der Waals surface area contributed by atoms with E-state index in [0.717, 1.165) is 28.7 Å². The van der Waals surface area contributed by atoms with Gasteiger partial charge in [0.1, 0.15) is 11.5 Å². The van der Waals surface area contributed by atoms with Crippen molar-refractivity contribution in [2.24, 2.45) is 0 Å². The molecule has 164 valence electrons. The second kappa shape index (κ2) is 10.7. The van der Waals surface area contributed by atoms with Crippen molar-refractivity contribution in [2.75, 3.05) is 6.61 Å². The second-order valence-corrected chi connectivity index (χ2v) is 9.64. The van der Waals surface area contributed by atoms with E-state index in [0.29, 0.717) is 24.3 Å². The summed E-state index contributed by atoms with van der Waals surface area (Å²) in [7, 11) is -3.97. The number of carbonyl (C=O) groups excluding carboxylic acids is 1. The van der Waals surface area contributed by atoms with Crippen LogP contribution in [0.15, 0.2) is 36.4 Å². The lowest BCUT2D eigenvalue weighted by Crippen LogP contribution is -2.28. The molecule has 30 heavy (non-hydrogen) atoms. The lowest BCUT2D eigenvalue weighted by atomic mass is 10.1. The Morgan fingerprint density at radius 1 is 0.867 bits per heavy atom. The average molecular weight is 432 g/mol. The van der Waals surface area contributed by atoms with Crippen molar-refractivity contribution in [3.05, 3.63) is 58.7 Å². The molecule has 0 aliphatic rings. The van der Waals surface area contributed by atoms with Gasteiger partial charge in [-0.3, -0.25) is 4.79 Å². The molecule has 0 aromatic heterocycles. The van der Waals surface area contributed by atoms with Crippen molar-refractivity contribution in [3.8, 4) is 11.5 Å². The minimum absolute atomic E-state index is 0.203. The van der Waals surface area contributed by atoms with Gasteiger partial charge in [0.2, 0.25) is 0 Å². The first kappa shape index (κ1) is 24.0. The molecule has 0 bridgehead atoms. The van der Waals surface area contributed by atoms with Gasteiger partial charge in [-0.25, -0.2) is 4.57 Å². The van der Waals surface area contributed by atoms with Gasteiger partial charge >= 0.3 is 13.6 Å². The Bertz CT molecular complexity index is 824. The van der Waals surface area contributed by atoms with Crippen molar-refractivity contribution in [1.29, 1.82) is 0 Å². The minimum atomic E-state index is -3.97. The van der Waals surface area contributed by atoms with E-state index in [-0.39, 0.29) is 6.61 Å². The fourth-order valence-electron chi connectivity index (χ4n) is 3.33. The smallest absolute Gasteiger partial charge is 0.445 e. The standard InChI is InChI=1S/C24H33O5P/c1-7-9-16-21(24(25)27-8-2)30(26,28-22-17(3)12-10-13-18(22)4)29-23-19(5)14-11-15-20(23)6/h10-15,21H,7-9,16H2,1-6H3. The summed E-state index contributed by atoms with van der Waals surface area (Å²) in [5, 5.41) is 0. The topological polar surface area (TPSA) is 61.8 Å². The van der Waals surface area contributed by atoms with Crippen LogP contribution in [0, 0.1) is 27.7 Å². The van der Waals surface area contributed by atoms with Crippen LogP contribution in [-0.2, 0) is 14.1 Å². The number of rotatable bonds is 10. The van der Waals surface area contributed by atoms with Gasteiger partial charge in [-0.15, -0.1) is 0 Å². The highest BCUT2D eigenvalue weighted by atomic mass is 31.2. The summed E-state index contributed by atoms with van der Waals surface area (Å²) in [6, 6.07) is 11.4. The monoisotopic (exact) mass is 432 g/mol. The van der Waals surface area contributed by atoms with Crippen molar-refractivity contribution >= 4 is 13.6 Å². The maximum Gasteiger partial charge on any atom is 0.445 e. The fraction of sp³-hybridized carbons (Fsp3) is 0.458. The largest absolute Gasteiger partial charge is 0.465 e. The Labute approximate surface area is 180 Å². The van der Waals surface area contributed by atoms with Crippen LogP contribution in [0.1, 0.15) is 55.4 Å². The summed E-state index contributed by atoms with van der Waals surface area (Å²) in [5.41, 5.74) is 2.32. The molecule has 0 aliphatic carbocycles. The highest BCUT2D eigenvalue weighted by molar-refractivity contribution is 7.56. The van der Waals surface area contributed by atoms with E-state index in [1.165, 1.54) is 0 Å². The van der Waals surface area contributed by atoms with Crippen molar-refractivity contribution < 1.29 is 23.1 Å². The average Bonchev–Trinajstić information content (AvgIpc) is 2.68. The van der Waals surface area contributed by atoms with Gasteiger partial charge in [0.15, 0.2) is 5.66 Å². The van der Waals surface area contributed by atoms with Crippen molar-refractivity contribution in [1.82, 2.24) is 0 Å². The predicted octanol–water partition coefficient (Wildman–Crippen LogP) is 6.69. The normalized spacial score (nSPS) is 12.3. The Morgan fingerprint density at radius 2 is 1.30 bits per heavy atom. The third-order valence-electron chi connectivity index (χ3n) is 5.03. The number of benzene rings is 2. The van der Waals surface area contributed by atoms with Crippen LogP contribution < -0.4 is 9.05 Å². The Hall–Kier alpha value is -2.26. The molecule has 5 nitrogen and oxygen atoms in total. The van der Waals surface area contributed by atoms with Crippen LogP contribution in [0.25, 0.3) is 0 Å². The Morgan fingerprint density at radius 3 is 1.67 bits per heavy atom. The number of carbonyl (C=O) groups is 1. The maximum absolute atomic E-state index is 14.3. The molecule has 2 rings (SSSR count). The molecule has 6 heteroatoms. The summed E-state index contributed by atoms with van der Waals surface area (Å²) >= 11 is 0. The highest BCUT2D eigenvalue weighted by Crippen LogP contribution is 2.56. The number of hydrogen-bond donors (Lipinski definition) is 0. The number of para-hydroxylation sites is 2. The molecule has 0 saturated carbocycles. The molecule has 1 unspecified atom stereocenters. The maximum atomic E-state index is 14.3. The third kappa shape index (κ3) is 5.66. The molecule has 2 aromatic rings. The predicted molar refractivity (Wildman–Crippen MR) is 121 cm³/mol. The zero-order valence-corrected chi connectivity index (χ0v) is 19.8. The van der Waals surface area contributed by atoms with Crippen molar-refractivity contribution in [2.45, 2.75) is 66.5 Å². The first-order chi connectivity index (χ1) is 14.2. The summed E-state index contributed by atoms with van der Waals surface area (Å²) in [6.07, 6.45) is 1.92. The van der Waals surface area contributed by atoms with Crippen LogP contribution in [-0.4, -0.2) is 18.2 Å². The number of unbranched alkanes of at least 4 members (excludes halogenated alkanes) is 1. The summed E-state index contributed by atoms with van der Waals surface area (Å²) in [6.45, 7) is 11.5. The zero-order chi connectivity index (χ0) is 22.3. The molecular weight excluding hydrogens is 399 g/mol. The highest BCUT2D eigenvalue weighted by Gasteiger charge is 2.46. The van der Waals surface area contributed by atoms with E-state index in [2.05, 4.69) is 0 Å². The number of esters is 1. The van der Waals surface area contributed by atoms with Gasteiger partial charge in [-0.05, 0) is 63.3 Å². The SMILES string of the molecule is CCCCC(C(=O)OCC)P(=O)(Oc1c(C)cccc1C)Oc1c(C)cccc1C. The van der Waals surface area contributed by atoms with Crippen LogP contribution in [0.3, 0.4) is 0 Å². The molecule has 0 fully saturated rings. The molecule has 0 saturated heterocycles. The van der Waals surface area contributed by atoms with Crippen LogP contribution in [0.4, 0.5) is 0 Å². The van der Waals surface area contributed by atoms with E-state index < -0.39 is 19.2 Å². The van der Waals surface area contributed by atoms with E-state index in [4.69, 9.17) is 13.8 Å². The van der Waals surface area contributed by atoms with E-state index >= 15 is 0 Å². The van der Waals surface area contributed by atoms with Crippen LogP contribution in [0.5, 0.6) is 11.5 Å². The third-order valence-corrected chi connectivity index (χ3v) is 7.13. The molecule has 0 radical (unpaired) electrons. The van der Waals surface area contributed by atoms with Crippen molar-refractivity contribution in [3.63, 3.8) is 0 Å². The van der Waals surface area contributed by atoms with Gasteiger partial charge in [-0.1, -0.05) is 56.2 Å². The molecular formula is C24H33O5P. The number of ether oxygens (including phenoxy) is 1. The Kier molecular flexibility index (Phi) is 8.54. The minimum Gasteiger partial charge on any atom is -0.465 e. The van der Waals surface area contributed by atoms with Crippen LogP contribution >= 0.6 is 7.60 Å². The fourth-order valence-corrected chi connectivity index (χ4v) is 5.54. The molecule has 2 aromatic carbocycles. The van der Waals surface area contributed by atoms with Gasteiger partial charge < -0.3 is 13.8 Å². The van der Waals surface area contributed by atoms with E-state index in [9.17, 15) is 9.36 Å². The quantitative estimate of drug-likeness (QED) is 0.309. The Balaban J connectivity index is 2.59. The van der Waals surface area contributed by atoms with E-state index in [1.807, 2.05) is 71.0 Å². The molecule has 0 N–H and O–H groups in total. The summed E-state index contributed by atoms with van der Waals surface area (Å²) in [4.78, 5) is 12.9. The van der Waals surface area contributed by atoms with E-state index in [1.54, 1.807) is 6.92 Å². The van der Waals surface area contributed by atoms with Gasteiger partial charge in [-0.2, -0.15) is 0 Å².